The lowest BCUT2D eigenvalue weighted by Crippen LogP contribution is -2.27. The van der Waals surface area contributed by atoms with Crippen LogP contribution in [0.2, 0.25) is 0 Å². The smallest absolute Gasteiger partial charge is 0.243 e. The number of rotatable bonds is 5. The van der Waals surface area contributed by atoms with E-state index in [1.165, 1.54) is 4.31 Å². The molecule has 110 valence electrons. The van der Waals surface area contributed by atoms with Crippen molar-refractivity contribution >= 4 is 15.9 Å². The van der Waals surface area contributed by atoms with Crippen molar-refractivity contribution in [3.8, 4) is 0 Å². The maximum atomic E-state index is 12.3. The zero-order valence-electron chi connectivity index (χ0n) is 11.6. The van der Waals surface area contributed by atoms with E-state index < -0.39 is 10.0 Å². The van der Waals surface area contributed by atoms with Crippen molar-refractivity contribution in [2.75, 3.05) is 20.1 Å². The van der Waals surface area contributed by atoms with Gasteiger partial charge in [-0.2, -0.15) is 4.31 Å². The minimum absolute atomic E-state index is 0.0150. The fraction of sp³-hybridized carbons (Fsp3) is 0.500. The first-order valence-electron chi connectivity index (χ1n) is 6.84. The Morgan fingerprint density at radius 3 is 2.35 bits per heavy atom. The van der Waals surface area contributed by atoms with Crippen molar-refractivity contribution in [3.05, 3.63) is 29.8 Å². The fourth-order valence-electron chi connectivity index (χ4n) is 2.29. The predicted octanol–water partition coefficient (Wildman–Crippen LogP) is 1.15. The van der Waals surface area contributed by atoms with Crippen molar-refractivity contribution in [2.24, 2.45) is 0 Å². The Labute approximate surface area is 120 Å². The Morgan fingerprint density at radius 2 is 1.80 bits per heavy atom. The molecule has 1 aliphatic heterocycles. The van der Waals surface area contributed by atoms with Crippen LogP contribution >= 0.6 is 0 Å². The number of carbonyl (C=O) groups excluding carboxylic acids is 1. The molecule has 0 atom stereocenters. The molecule has 0 spiro atoms. The summed E-state index contributed by atoms with van der Waals surface area (Å²) in [6, 6.07) is 6.83. The van der Waals surface area contributed by atoms with Gasteiger partial charge < -0.3 is 5.32 Å². The SMILES string of the molecule is CNC(=O)CCc1ccc(S(=O)(=O)N2CCCC2)cc1. The van der Waals surface area contributed by atoms with E-state index in [-0.39, 0.29) is 5.91 Å². The maximum Gasteiger partial charge on any atom is 0.243 e. The summed E-state index contributed by atoms with van der Waals surface area (Å²) in [6.07, 6.45) is 2.89. The summed E-state index contributed by atoms with van der Waals surface area (Å²) in [5, 5.41) is 2.57. The van der Waals surface area contributed by atoms with E-state index in [9.17, 15) is 13.2 Å². The number of aryl methyl sites for hydroxylation is 1. The number of carbonyl (C=O) groups is 1. The van der Waals surface area contributed by atoms with E-state index in [1.54, 1.807) is 31.3 Å². The summed E-state index contributed by atoms with van der Waals surface area (Å²) in [6.45, 7) is 1.22. The number of hydrogen-bond donors (Lipinski definition) is 1. The van der Waals surface area contributed by atoms with E-state index in [2.05, 4.69) is 5.32 Å². The van der Waals surface area contributed by atoms with Crippen LogP contribution < -0.4 is 5.32 Å². The Hall–Kier alpha value is -1.40. The molecular formula is C14H20N2O3S. The molecule has 20 heavy (non-hydrogen) atoms. The van der Waals surface area contributed by atoms with Crippen LogP contribution in [-0.4, -0.2) is 38.8 Å². The Kier molecular flexibility index (Phi) is 4.77. The second kappa shape index (κ2) is 6.37. The molecule has 1 amide bonds. The molecule has 1 aliphatic rings. The van der Waals surface area contributed by atoms with Gasteiger partial charge in [-0.3, -0.25) is 4.79 Å². The molecule has 2 rings (SSSR count). The van der Waals surface area contributed by atoms with Gasteiger partial charge in [0.05, 0.1) is 4.90 Å². The minimum atomic E-state index is -3.34. The summed E-state index contributed by atoms with van der Waals surface area (Å²) in [7, 11) is -1.73. The summed E-state index contributed by atoms with van der Waals surface area (Å²) in [5.74, 6) is -0.0150. The van der Waals surface area contributed by atoms with Crippen molar-refractivity contribution in [3.63, 3.8) is 0 Å². The third-order valence-electron chi connectivity index (χ3n) is 3.55. The standard InChI is InChI=1S/C14H20N2O3S/c1-15-14(17)9-6-12-4-7-13(8-5-12)20(18,19)16-10-2-3-11-16/h4-5,7-8H,2-3,6,9-11H2,1H3,(H,15,17). The van der Waals surface area contributed by atoms with Gasteiger partial charge in [-0.05, 0) is 37.0 Å². The van der Waals surface area contributed by atoms with Crippen LogP contribution in [-0.2, 0) is 21.2 Å². The molecule has 0 unspecified atom stereocenters. The highest BCUT2D eigenvalue weighted by molar-refractivity contribution is 7.89. The number of benzene rings is 1. The molecule has 0 radical (unpaired) electrons. The molecule has 6 heteroatoms. The molecule has 1 aromatic carbocycles. The number of nitrogens with zero attached hydrogens (tertiary/aromatic N) is 1. The molecule has 0 aliphatic carbocycles. The van der Waals surface area contributed by atoms with Gasteiger partial charge in [0.25, 0.3) is 0 Å². The fourth-order valence-corrected chi connectivity index (χ4v) is 3.81. The average molecular weight is 296 g/mol. The summed E-state index contributed by atoms with van der Waals surface area (Å²) >= 11 is 0. The van der Waals surface area contributed by atoms with Crippen LogP contribution in [0.5, 0.6) is 0 Å². The van der Waals surface area contributed by atoms with Crippen LogP contribution in [0.3, 0.4) is 0 Å². The topological polar surface area (TPSA) is 66.5 Å². The lowest BCUT2D eigenvalue weighted by molar-refractivity contribution is -0.120. The highest BCUT2D eigenvalue weighted by Gasteiger charge is 2.26. The third kappa shape index (κ3) is 3.37. The predicted molar refractivity (Wildman–Crippen MR) is 76.8 cm³/mol. The van der Waals surface area contributed by atoms with Gasteiger partial charge in [-0.15, -0.1) is 0 Å². The van der Waals surface area contributed by atoms with E-state index in [1.807, 2.05) is 0 Å². The first-order chi connectivity index (χ1) is 9.54. The molecule has 1 heterocycles. The summed E-state index contributed by atoms with van der Waals surface area (Å²) in [5.41, 5.74) is 0.967. The Balaban J connectivity index is 2.06. The van der Waals surface area contributed by atoms with Crippen LogP contribution in [0.4, 0.5) is 0 Å². The molecule has 0 bridgehead atoms. The zero-order chi connectivity index (χ0) is 14.6. The lowest BCUT2D eigenvalue weighted by atomic mass is 10.1. The van der Waals surface area contributed by atoms with Gasteiger partial charge >= 0.3 is 0 Å². The van der Waals surface area contributed by atoms with Crippen molar-refractivity contribution in [2.45, 2.75) is 30.6 Å². The monoisotopic (exact) mass is 296 g/mol. The third-order valence-corrected chi connectivity index (χ3v) is 5.46. The molecule has 1 saturated heterocycles. The van der Waals surface area contributed by atoms with Crippen LogP contribution in [0.1, 0.15) is 24.8 Å². The molecule has 0 saturated carbocycles. The van der Waals surface area contributed by atoms with Gasteiger partial charge in [-0.25, -0.2) is 8.42 Å². The second-order valence-corrected chi connectivity index (χ2v) is 6.87. The number of nitrogens with one attached hydrogen (secondary N) is 1. The molecule has 1 N–H and O–H groups in total. The molecule has 5 nitrogen and oxygen atoms in total. The van der Waals surface area contributed by atoms with E-state index in [4.69, 9.17) is 0 Å². The highest BCUT2D eigenvalue weighted by Crippen LogP contribution is 2.21. The van der Waals surface area contributed by atoms with E-state index in [0.29, 0.717) is 30.8 Å². The van der Waals surface area contributed by atoms with Gasteiger partial charge in [0.2, 0.25) is 15.9 Å². The number of hydrogen-bond acceptors (Lipinski definition) is 3. The zero-order valence-corrected chi connectivity index (χ0v) is 12.4. The van der Waals surface area contributed by atoms with Crippen molar-refractivity contribution in [1.82, 2.24) is 9.62 Å². The first-order valence-corrected chi connectivity index (χ1v) is 8.28. The maximum absolute atomic E-state index is 12.3. The molecular weight excluding hydrogens is 276 g/mol. The normalized spacial score (nSPS) is 16.2. The van der Waals surface area contributed by atoms with Crippen LogP contribution in [0.15, 0.2) is 29.2 Å². The van der Waals surface area contributed by atoms with Gasteiger partial charge in [-0.1, -0.05) is 12.1 Å². The Morgan fingerprint density at radius 1 is 1.20 bits per heavy atom. The van der Waals surface area contributed by atoms with Gasteiger partial charge in [0.1, 0.15) is 0 Å². The van der Waals surface area contributed by atoms with Crippen molar-refractivity contribution in [1.29, 1.82) is 0 Å². The second-order valence-electron chi connectivity index (χ2n) is 4.93. The Bertz CT molecular complexity index is 561. The molecule has 1 aromatic rings. The minimum Gasteiger partial charge on any atom is -0.359 e. The largest absolute Gasteiger partial charge is 0.359 e. The van der Waals surface area contributed by atoms with Crippen LogP contribution in [0, 0.1) is 0 Å². The van der Waals surface area contributed by atoms with Gasteiger partial charge in [0.15, 0.2) is 0 Å². The quantitative estimate of drug-likeness (QED) is 0.886. The number of sulfonamides is 1. The lowest BCUT2D eigenvalue weighted by Gasteiger charge is -2.15. The summed E-state index contributed by atoms with van der Waals surface area (Å²) < 4.78 is 26.2. The molecule has 1 fully saturated rings. The number of amides is 1. The first kappa shape index (κ1) is 15.0. The van der Waals surface area contributed by atoms with Crippen molar-refractivity contribution < 1.29 is 13.2 Å². The van der Waals surface area contributed by atoms with E-state index in [0.717, 1.165) is 18.4 Å². The average Bonchev–Trinajstić information content (AvgIpc) is 3.00. The summed E-state index contributed by atoms with van der Waals surface area (Å²) in [4.78, 5) is 11.5. The van der Waals surface area contributed by atoms with Crippen LogP contribution in [0.25, 0.3) is 0 Å². The molecule has 0 aromatic heterocycles. The highest BCUT2D eigenvalue weighted by atomic mass is 32.2. The van der Waals surface area contributed by atoms with E-state index >= 15 is 0 Å². The van der Waals surface area contributed by atoms with Gasteiger partial charge in [0, 0.05) is 26.6 Å².